The number of aromatic nitrogens is 1. The van der Waals surface area contributed by atoms with E-state index >= 15 is 0 Å². The van der Waals surface area contributed by atoms with Crippen molar-refractivity contribution >= 4 is 45.2 Å². The second-order valence-corrected chi connectivity index (χ2v) is 11.2. The molecule has 1 aliphatic rings. The van der Waals surface area contributed by atoms with E-state index < -0.39 is 35.7 Å². The molecular formula is C25H34N4O5S. The summed E-state index contributed by atoms with van der Waals surface area (Å²) < 4.78 is 6.12. The van der Waals surface area contributed by atoms with Gasteiger partial charge < -0.3 is 20.3 Å². The molecule has 0 unspecified atom stereocenters. The normalized spacial score (nSPS) is 17.8. The van der Waals surface area contributed by atoms with Crippen LogP contribution in [-0.4, -0.2) is 63.8 Å². The Bertz CT molecular complexity index is 1070. The van der Waals surface area contributed by atoms with Gasteiger partial charge in [-0.25, -0.2) is 9.78 Å². The maximum absolute atomic E-state index is 13.5. The Kier molecular flexibility index (Phi) is 8.15. The first kappa shape index (κ1) is 26.6. The second-order valence-electron chi connectivity index (χ2n) is 10.1. The molecule has 1 fully saturated rings. The smallest absolute Gasteiger partial charge is 0.408 e. The zero-order valence-corrected chi connectivity index (χ0v) is 21.9. The maximum Gasteiger partial charge on any atom is 0.408 e. The lowest BCUT2D eigenvalue weighted by Gasteiger charge is -2.31. The van der Waals surface area contributed by atoms with Crippen molar-refractivity contribution in [2.75, 3.05) is 6.54 Å². The monoisotopic (exact) mass is 502 g/mol. The lowest BCUT2D eigenvalue weighted by atomic mass is 10.0. The van der Waals surface area contributed by atoms with Gasteiger partial charge in [-0.3, -0.25) is 14.4 Å². The summed E-state index contributed by atoms with van der Waals surface area (Å²) in [6.07, 6.45) is 0.534. The Morgan fingerprint density at radius 2 is 1.80 bits per heavy atom. The van der Waals surface area contributed by atoms with Crippen LogP contribution in [0.2, 0.25) is 0 Å². The highest BCUT2D eigenvalue weighted by molar-refractivity contribution is 7.20. The van der Waals surface area contributed by atoms with Gasteiger partial charge in [-0.1, -0.05) is 26.0 Å². The van der Waals surface area contributed by atoms with E-state index in [2.05, 4.69) is 15.6 Å². The molecule has 1 aliphatic heterocycles. The number of likely N-dealkylation sites (tertiary alicyclic amines) is 1. The van der Waals surface area contributed by atoms with Crippen LogP contribution in [-0.2, 0) is 14.3 Å². The molecule has 0 spiro atoms. The van der Waals surface area contributed by atoms with Crippen LogP contribution >= 0.6 is 11.3 Å². The molecule has 0 bridgehead atoms. The minimum Gasteiger partial charge on any atom is -0.444 e. The van der Waals surface area contributed by atoms with E-state index in [1.54, 1.807) is 25.7 Å². The molecule has 1 aromatic heterocycles. The molecule has 2 heterocycles. The number of hydrogen-bond acceptors (Lipinski definition) is 7. The first-order valence-corrected chi connectivity index (χ1v) is 12.7. The summed E-state index contributed by atoms with van der Waals surface area (Å²) in [5, 5.41) is 5.63. The van der Waals surface area contributed by atoms with Crippen molar-refractivity contribution in [3.05, 3.63) is 29.3 Å². The van der Waals surface area contributed by atoms with Crippen LogP contribution in [0.3, 0.4) is 0 Å². The molecular weight excluding hydrogens is 468 g/mol. The van der Waals surface area contributed by atoms with E-state index in [9.17, 15) is 19.2 Å². The molecule has 0 saturated carbocycles. The molecule has 9 nitrogen and oxygen atoms in total. The number of rotatable bonds is 7. The van der Waals surface area contributed by atoms with Crippen molar-refractivity contribution < 1.29 is 23.9 Å². The van der Waals surface area contributed by atoms with Crippen molar-refractivity contribution in [2.45, 2.75) is 78.1 Å². The van der Waals surface area contributed by atoms with Crippen LogP contribution in [0.4, 0.5) is 4.79 Å². The number of benzene rings is 1. The number of nitrogens with one attached hydrogen (secondary N) is 2. The highest BCUT2D eigenvalue weighted by atomic mass is 32.1. The van der Waals surface area contributed by atoms with E-state index in [1.165, 1.54) is 18.3 Å². The van der Waals surface area contributed by atoms with Crippen LogP contribution in [0.25, 0.3) is 10.2 Å². The minimum atomic E-state index is -0.905. The maximum atomic E-state index is 13.5. The van der Waals surface area contributed by atoms with Crippen LogP contribution in [0.1, 0.15) is 64.2 Å². The fourth-order valence-electron chi connectivity index (χ4n) is 3.94. The molecule has 1 aromatic carbocycles. The highest BCUT2D eigenvalue weighted by Crippen LogP contribution is 2.28. The van der Waals surface area contributed by atoms with Crippen LogP contribution in [0.15, 0.2) is 24.3 Å². The molecule has 35 heavy (non-hydrogen) atoms. The number of carbonyl (C=O) groups is 4. The summed E-state index contributed by atoms with van der Waals surface area (Å²) in [5.41, 5.74) is 0.0626. The van der Waals surface area contributed by atoms with E-state index in [0.29, 0.717) is 24.4 Å². The molecule has 190 valence electrons. The SMILES string of the molecule is CC(C)[C@H](NC(=O)[C@H](C)NC(=O)OC(C)(C)C)C(=O)N1CCC[C@H]1C(=O)c1nc2ccccc2s1. The first-order chi connectivity index (χ1) is 16.4. The molecule has 3 rings (SSSR count). The Morgan fingerprint density at radius 3 is 2.43 bits per heavy atom. The van der Waals surface area contributed by atoms with Gasteiger partial charge in [0.2, 0.25) is 17.6 Å². The van der Waals surface area contributed by atoms with Gasteiger partial charge in [0.15, 0.2) is 5.01 Å². The van der Waals surface area contributed by atoms with E-state index in [4.69, 9.17) is 4.74 Å². The van der Waals surface area contributed by atoms with Crippen molar-refractivity contribution in [1.82, 2.24) is 20.5 Å². The van der Waals surface area contributed by atoms with Crippen molar-refractivity contribution in [2.24, 2.45) is 5.92 Å². The van der Waals surface area contributed by atoms with Crippen LogP contribution in [0.5, 0.6) is 0 Å². The van der Waals surface area contributed by atoms with E-state index in [1.807, 2.05) is 38.1 Å². The Balaban J connectivity index is 1.69. The van der Waals surface area contributed by atoms with Gasteiger partial charge in [-0.15, -0.1) is 11.3 Å². The predicted molar refractivity (Wildman–Crippen MR) is 134 cm³/mol. The van der Waals surface area contributed by atoms with Crippen molar-refractivity contribution in [1.29, 1.82) is 0 Å². The number of ether oxygens (including phenoxy) is 1. The second kappa shape index (κ2) is 10.7. The van der Waals surface area contributed by atoms with Gasteiger partial charge in [0.05, 0.1) is 16.3 Å². The van der Waals surface area contributed by atoms with Crippen LogP contribution < -0.4 is 10.6 Å². The Labute approximate surface area is 209 Å². The van der Waals surface area contributed by atoms with Crippen LogP contribution in [0, 0.1) is 5.92 Å². The fraction of sp³-hybridized carbons (Fsp3) is 0.560. The topological polar surface area (TPSA) is 118 Å². The van der Waals surface area contributed by atoms with Gasteiger partial charge in [-0.2, -0.15) is 0 Å². The molecule has 2 aromatic rings. The van der Waals surface area contributed by atoms with E-state index in [0.717, 1.165) is 10.2 Å². The number of hydrogen-bond donors (Lipinski definition) is 2. The standard InChI is InChI=1S/C25H34N4O5S/c1-14(2)19(28-21(31)15(3)26-24(33)34-25(4,5)6)23(32)29-13-9-11-17(29)20(30)22-27-16-10-7-8-12-18(16)35-22/h7-8,10,12,14-15,17,19H,9,11,13H2,1-6H3,(H,26,33)(H,28,31)/t15-,17-,19-/m0/s1. The fourth-order valence-corrected chi connectivity index (χ4v) is 4.90. The summed E-state index contributed by atoms with van der Waals surface area (Å²) in [4.78, 5) is 57.6. The summed E-state index contributed by atoms with van der Waals surface area (Å²) in [7, 11) is 0. The molecule has 2 N–H and O–H groups in total. The number of thiazole rings is 1. The van der Waals surface area contributed by atoms with Gasteiger partial charge in [-0.05, 0) is 58.6 Å². The number of ketones is 1. The predicted octanol–water partition coefficient (Wildman–Crippen LogP) is 3.52. The molecule has 3 amide bonds. The third-order valence-corrected chi connectivity index (χ3v) is 6.75. The molecule has 3 atom stereocenters. The summed E-state index contributed by atoms with van der Waals surface area (Å²) in [5.74, 6) is -1.21. The van der Waals surface area contributed by atoms with Gasteiger partial charge >= 0.3 is 6.09 Å². The third kappa shape index (κ3) is 6.56. The quantitative estimate of drug-likeness (QED) is 0.560. The van der Waals surface area contributed by atoms with Crippen molar-refractivity contribution in [3.8, 4) is 0 Å². The number of fused-ring (bicyclic) bond motifs is 1. The lowest BCUT2D eigenvalue weighted by Crippen LogP contribution is -2.57. The number of carbonyl (C=O) groups excluding carboxylic acids is 4. The average molecular weight is 503 g/mol. The lowest BCUT2D eigenvalue weighted by molar-refractivity contribution is -0.138. The summed E-state index contributed by atoms with van der Waals surface area (Å²) >= 11 is 1.32. The number of Topliss-reactive ketones (excluding diaryl/α,β-unsaturated/α-hetero) is 1. The number of para-hydroxylation sites is 1. The largest absolute Gasteiger partial charge is 0.444 e. The number of nitrogens with zero attached hydrogens (tertiary/aromatic N) is 2. The Hall–Kier alpha value is -3.01. The van der Waals surface area contributed by atoms with Gasteiger partial charge in [0.25, 0.3) is 0 Å². The summed E-state index contributed by atoms with van der Waals surface area (Å²) in [6.45, 7) is 10.8. The minimum absolute atomic E-state index is 0.175. The molecule has 10 heteroatoms. The molecule has 1 saturated heterocycles. The summed E-state index contributed by atoms with van der Waals surface area (Å²) in [6, 6.07) is 5.19. The molecule has 0 aliphatic carbocycles. The zero-order valence-electron chi connectivity index (χ0n) is 21.1. The van der Waals surface area contributed by atoms with Gasteiger partial charge in [0, 0.05) is 6.54 Å². The molecule has 0 radical (unpaired) electrons. The first-order valence-electron chi connectivity index (χ1n) is 11.9. The number of alkyl carbamates (subject to hydrolysis) is 1. The van der Waals surface area contributed by atoms with Crippen molar-refractivity contribution in [3.63, 3.8) is 0 Å². The highest BCUT2D eigenvalue weighted by Gasteiger charge is 2.40. The number of amides is 3. The Morgan fingerprint density at radius 1 is 1.11 bits per heavy atom. The average Bonchev–Trinajstić information content (AvgIpc) is 3.41. The third-order valence-electron chi connectivity index (χ3n) is 5.70. The zero-order chi connectivity index (χ0) is 25.9. The van der Waals surface area contributed by atoms with Gasteiger partial charge in [0.1, 0.15) is 17.7 Å². The van der Waals surface area contributed by atoms with E-state index in [-0.39, 0.29) is 17.6 Å².